The van der Waals surface area contributed by atoms with Crippen LogP contribution in [0.15, 0.2) is 36.4 Å². The van der Waals surface area contributed by atoms with Gasteiger partial charge in [0.2, 0.25) is 0 Å². The number of allylic oxidation sites excluding steroid dienone is 2. The normalized spacial score (nSPS) is 23.6. The second kappa shape index (κ2) is 13.9. The quantitative estimate of drug-likeness (QED) is 0.194. The zero-order valence-electron chi connectivity index (χ0n) is 23.8. The maximum atomic E-state index is 14.6. The van der Waals surface area contributed by atoms with E-state index in [1.165, 1.54) is 38.5 Å². The number of halogens is 9. The molecule has 0 aliphatic heterocycles. The van der Waals surface area contributed by atoms with Crippen molar-refractivity contribution in [2.24, 2.45) is 17.8 Å². The molecular weight excluding hydrogens is 587 g/mol. The Morgan fingerprint density at radius 3 is 1.72 bits per heavy atom. The minimum Gasteiger partial charge on any atom is -0.431 e. The van der Waals surface area contributed by atoms with Crippen molar-refractivity contribution in [1.82, 2.24) is 0 Å². The van der Waals surface area contributed by atoms with Gasteiger partial charge in [-0.25, -0.2) is 17.6 Å². The van der Waals surface area contributed by atoms with E-state index in [1.807, 2.05) is 0 Å². The summed E-state index contributed by atoms with van der Waals surface area (Å²) in [6, 6.07) is 0.931. The lowest BCUT2D eigenvalue weighted by atomic mass is 9.79. The molecule has 0 saturated heterocycles. The Hall–Kier alpha value is -2.69. The third kappa shape index (κ3) is 8.92. The van der Waals surface area contributed by atoms with Gasteiger partial charge in [-0.3, -0.25) is 0 Å². The molecule has 11 heteroatoms. The van der Waals surface area contributed by atoms with Gasteiger partial charge in [-0.15, -0.1) is 0 Å². The van der Waals surface area contributed by atoms with Crippen LogP contribution < -0.4 is 4.74 Å². The Bertz CT molecular complexity index is 1210. The molecular formula is C32H35F9O2. The van der Waals surface area contributed by atoms with Gasteiger partial charge < -0.3 is 9.47 Å². The molecule has 2 aromatic carbocycles. The minimum atomic E-state index is -5.38. The van der Waals surface area contributed by atoms with Gasteiger partial charge in [-0.05, 0) is 86.8 Å². The van der Waals surface area contributed by atoms with Gasteiger partial charge in [-0.2, -0.15) is 22.0 Å². The summed E-state index contributed by atoms with van der Waals surface area (Å²) in [5.41, 5.74) is -4.21. The Morgan fingerprint density at radius 2 is 1.23 bits per heavy atom. The number of alkyl halides is 5. The van der Waals surface area contributed by atoms with Crippen molar-refractivity contribution in [2.75, 3.05) is 6.61 Å². The average Bonchev–Trinajstić information content (AvgIpc) is 2.90. The van der Waals surface area contributed by atoms with E-state index in [4.69, 9.17) is 4.74 Å². The molecule has 4 rings (SSSR count). The number of ether oxygens (including phenoxy) is 2. The average molecular weight is 623 g/mol. The molecule has 2 aliphatic carbocycles. The summed E-state index contributed by atoms with van der Waals surface area (Å²) in [7, 11) is 0. The smallest absolute Gasteiger partial charge is 0.422 e. The van der Waals surface area contributed by atoms with E-state index < -0.39 is 70.7 Å². The Kier molecular flexibility index (Phi) is 10.8. The molecule has 0 spiro atoms. The SMILES string of the molecule is CCCC1CCC(/C=C/C2CCC(OCC(F)(F)Oc3cc(F)c(-c4cc(F)c(C(F)(F)F)c(F)c4)c(F)c3)CC2)CC1. The van der Waals surface area contributed by atoms with Gasteiger partial charge in [0, 0.05) is 12.1 Å². The largest absolute Gasteiger partial charge is 0.431 e. The number of hydrogen-bond donors (Lipinski definition) is 0. The molecule has 0 radical (unpaired) electrons. The van der Waals surface area contributed by atoms with Crippen molar-refractivity contribution >= 4 is 0 Å². The highest BCUT2D eigenvalue weighted by Gasteiger charge is 2.39. The van der Waals surface area contributed by atoms with Gasteiger partial charge in [0.05, 0.1) is 11.7 Å². The van der Waals surface area contributed by atoms with Crippen molar-refractivity contribution in [3.05, 3.63) is 65.2 Å². The monoisotopic (exact) mass is 622 g/mol. The summed E-state index contributed by atoms with van der Waals surface area (Å²) < 4.78 is 134. The fourth-order valence-electron chi connectivity index (χ4n) is 6.13. The maximum absolute atomic E-state index is 14.6. The first-order valence-electron chi connectivity index (χ1n) is 14.7. The van der Waals surface area contributed by atoms with Crippen molar-refractivity contribution in [2.45, 2.75) is 89.5 Å². The molecule has 43 heavy (non-hydrogen) atoms. The number of hydrogen-bond acceptors (Lipinski definition) is 2. The molecule has 2 saturated carbocycles. The Balaban J connectivity index is 1.28. The highest BCUT2D eigenvalue weighted by molar-refractivity contribution is 5.66. The Labute approximate surface area is 245 Å². The molecule has 0 atom stereocenters. The molecule has 0 N–H and O–H groups in total. The van der Waals surface area contributed by atoms with Gasteiger partial charge in [-0.1, -0.05) is 31.9 Å². The predicted octanol–water partition coefficient (Wildman–Crippen LogP) is 10.6. The summed E-state index contributed by atoms with van der Waals surface area (Å²) >= 11 is 0. The molecule has 2 aliphatic rings. The molecule has 0 aromatic heterocycles. The minimum absolute atomic E-state index is 0.111. The van der Waals surface area contributed by atoms with E-state index in [-0.39, 0.29) is 12.1 Å². The zero-order valence-corrected chi connectivity index (χ0v) is 23.8. The van der Waals surface area contributed by atoms with Crippen LogP contribution in [0, 0.1) is 41.0 Å². The highest BCUT2D eigenvalue weighted by Crippen LogP contribution is 2.39. The van der Waals surface area contributed by atoms with Crippen molar-refractivity contribution in [3.8, 4) is 16.9 Å². The van der Waals surface area contributed by atoms with Crippen LogP contribution in [0.5, 0.6) is 5.75 Å². The standard InChI is InChI=1S/C32H35F9O2/c1-2-3-19-4-6-20(7-5-19)8-9-21-10-12-23(13-11-21)42-18-31(37,38)43-24-16-25(33)29(26(34)17-24)22-14-27(35)30(28(36)15-22)32(39,40)41/h8-9,14-17,19-21,23H,2-7,10-13,18H2,1H3/b9-8+. The Morgan fingerprint density at radius 1 is 0.721 bits per heavy atom. The van der Waals surface area contributed by atoms with E-state index in [0.717, 1.165) is 18.8 Å². The number of rotatable bonds is 10. The third-order valence-corrected chi connectivity index (χ3v) is 8.35. The van der Waals surface area contributed by atoms with Crippen LogP contribution in [-0.2, 0) is 10.9 Å². The maximum Gasteiger partial charge on any atom is 0.422 e. The summed E-state index contributed by atoms with van der Waals surface area (Å²) in [6.07, 6.45) is 4.99. The first-order chi connectivity index (χ1) is 20.3. The van der Waals surface area contributed by atoms with Crippen molar-refractivity contribution in [3.63, 3.8) is 0 Å². The number of benzene rings is 2. The fourth-order valence-corrected chi connectivity index (χ4v) is 6.13. The van der Waals surface area contributed by atoms with Crippen LogP contribution in [-0.4, -0.2) is 18.8 Å². The highest BCUT2D eigenvalue weighted by atomic mass is 19.4. The van der Waals surface area contributed by atoms with E-state index in [1.54, 1.807) is 0 Å². The van der Waals surface area contributed by atoms with E-state index in [0.29, 0.717) is 36.8 Å². The zero-order chi connectivity index (χ0) is 31.4. The summed E-state index contributed by atoms with van der Waals surface area (Å²) in [4.78, 5) is 0. The first kappa shape index (κ1) is 33.2. The fraction of sp³-hybridized carbons (Fsp3) is 0.562. The van der Waals surface area contributed by atoms with Crippen LogP contribution in [0.25, 0.3) is 11.1 Å². The molecule has 2 aromatic rings. The van der Waals surface area contributed by atoms with Gasteiger partial charge in [0.25, 0.3) is 0 Å². The van der Waals surface area contributed by atoms with Crippen LogP contribution in [0.4, 0.5) is 39.5 Å². The van der Waals surface area contributed by atoms with E-state index in [9.17, 15) is 39.5 Å². The second-order valence-corrected chi connectivity index (χ2v) is 11.6. The predicted molar refractivity (Wildman–Crippen MR) is 143 cm³/mol. The summed E-state index contributed by atoms with van der Waals surface area (Å²) in [5, 5.41) is 0. The lowest BCUT2D eigenvalue weighted by Gasteiger charge is -2.29. The van der Waals surface area contributed by atoms with E-state index >= 15 is 0 Å². The molecule has 0 heterocycles. The van der Waals surface area contributed by atoms with E-state index in [2.05, 4.69) is 23.8 Å². The van der Waals surface area contributed by atoms with Crippen LogP contribution in [0.2, 0.25) is 0 Å². The molecule has 0 unspecified atom stereocenters. The molecule has 2 nitrogen and oxygen atoms in total. The summed E-state index contributed by atoms with van der Waals surface area (Å²) in [6.45, 7) is 1.05. The van der Waals surface area contributed by atoms with Crippen LogP contribution in [0.1, 0.15) is 76.7 Å². The van der Waals surface area contributed by atoms with Crippen molar-refractivity contribution in [1.29, 1.82) is 0 Å². The topological polar surface area (TPSA) is 18.5 Å². The van der Waals surface area contributed by atoms with Crippen molar-refractivity contribution < 1.29 is 49.0 Å². The van der Waals surface area contributed by atoms with Gasteiger partial charge >= 0.3 is 12.3 Å². The lowest BCUT2D eigenvalue weighted by Crippen LogP contribution is -2.34. The lowest BCUT2D eigenvalue weighted by molar-refractivity contribution is -0.222. The van der Waals surface area contributed by atoms with Gasteiger partial charge in [0.15, 0.2) is 6.61 Å². The molecule has 238 valence electrons. The molecule has 2 fully saturated rings. The first-order valence-corrected chi connectivity index (χ1v) is 14.7. The van der Waals surface area contributed by atoms with Crippen LogP contribution >= 0.6 is 0 Å². The third-order valence-electron chi connectivity index (χ3n) is 8.35. The second-order valence-electron chi connectivity index (χ2n) is 11.6. The van der Waals surface area contributed by atoms with Gasteiger partial charge in [0.1, 0.15) is 34.6 Å². The molecule has 0 amide bonds. The summed E-state index contributed by atoms with van der Waals surface area (Å²) in [5.74, 6) is -6.43. The molecule has 0 bridgehead atoms. The van der Waals surface area contributed by atoms with Crippen LogP contribution in [0.3, 0.4) is 0 Å².